The van der Waals surface area contributed by atoms with Crippen LogP contribution in [0.25, 0.3) is 0 Å². The lowest BCUT2D eigenvalue weighted by Crippen LogP contribution is -2.49. The van der Waals surface area contributed by atoms with Crippen molar-refractivity contribution in [2.75, 3.05) is 24.5 Å². The summed E-state index contributed by atoms with van der Waals surface area (Å²) in [6.07, 6.45) is 3.80. The van der Waals surface area contributed by atoms with Gasteiger partial charge in [-0.3, -0.25) is 14.8 Å². The highest BCUT2D eigenvalue weighted by molar-refractivity contribution is 5.94. The van der Waals surface area contributed by atoms with Crippen LogP contribution in [0.4, 0.5) is 10.5 Å². The summed E-state index contributed by atoms with van der Waals surface area (Å²) in [7, 11) is 0. The lowest BCUT2D eigenvalue weighted by molar-refractivity contribution is 0.188. The van der Waals surface area contributed by atoms with Gasteiger partial charge in [0.1, 0.15) is 0 Å². The van der Waals surface area contributed by atoms with Crippen LogP contribution in [0.1, 0.15) is 37.9 Å². The second-order valence-electron chi connectivity index (χ2n) is 8.33. The van der Waals surface area contributed by atoms with Gasteiger partial charge in [-0.25, -0.2) is 4.79 Å². The molecule has 5 heteroatoms. The Kier molecular flexibility index (Phi) is 4.87. The number of carbonyl (C=O) groups is 1. The number of hydrogen-bond acceptors (Lipinski definition) is 3. The Morgan fingerprint density at radius 2 is 1.89 bits per heavy atom. The molecular weight excluding hydrogens is 336 g/mol. The van der Waals surface area contributed by atoms with E-state index >= 15 is 0 Å². The van der Waals surface area contributed by atoms with E-state index in [2.05, 4.69) is 59.4 Å². The van der Waals surface area contributed by atoms with Crippen LogP contribution in [-0.4, -0.2) is 41.6 Å². The maximum atomic E-state index is 12.9. The number of urea groups is 1. The van der Waals surface area contributed by atoms with Gasteiger partial charge in [0.15, 0.2) is 0 Å². The highest BCUT2D eigenvalue weighted by atomic mass is 16.2. The summed E-state index contributed by atoms with van der Waals surface area (Å²) in [5.74, 6) is 0. The number of amides is 2. The summed E-state index contributed by atoms with van der Waals surface area (Å²) in [4.78, 5) is 21.8. The summed E-state index contributed by atoms with van der Waals surface area (Å²) >= 11 is 0. The molecule has 0 radical (unpaired) electrons. The van der Waals surface area contributed by atoms with Gasteiger partial charge in [-0.05, 0) is 30.5 Å². The number of carbonyl (C=O) groups excluding carboxylic acids is 1. The maximum Gasteiger partial charge on any atom is 0.322 e. The van der Waals surface area contributed by atoms with Crippen molar-refractivity contribution in [1.82, 2.24) is 15.2 Å². The number of nitrogens with zero attached hydrogens (tertiary/aromatic N) is 3. The zero-order valence-corrected chi connectivity index (χ0v) is 16.2. The Morgan fingerprint density at radius 1 is 1.15 bits per heavy atom. The summed E-state index contributed by atoms with van der Waals surface area (Å²) in [5, 5.41) is 3.26. The van der Waals surface area contributed by atoms with E-state index in [1.54, 1.807) is 0 Å². The molecule has 4 rings (SSSR count). The molecule has 3 heterocycles. The quantitative estimate of drug-likeness (QED) is 0.906. The van der Waals surface area contributed by atoms with E-state index < -0.39 is 0 Å². The molecule has 0 saturated carbocycles. The third kappa shape index (κ3) is 3.83. The first-order chi connectivity index (χ1) is 13.0. The van der Waals surface area contributed by atoms with Gasteiger partial charge in [-0.15, -0.1) is 0 Å². The van der Waals surface area contributed by atoms with Gasteiger partial charge in [-0.2, -0.15) is 0 Å². The predicted octanol–water partition coefficient (Wildman–Crippen LogP) is 3.55. The van der Waals surface area contributed by atoms with E-state index in [-0.39, 0.29) is 17.5 Å². The SMILES string of the molecule is CC1(C)CN(C(=O)NC2CCN(Cc3ccccc3)CC2)c2cccnc21. The van der Waals surface area contributed by atoms with E-state index in [4.69, 9.17) is 0 Å². The molecule has 1 aromatic carbocycles. The molecule has 0 aliphatic carbocycles. The highest BCUT2D eigenvalue weighted by Gasteiger charge is 2.39. The number of likely N-dealkylation sites (tertiary alicyclic amines) is 1. The van der Waals surface area contributed by atoms with Gasteiger partial charge in [0.2, 0.25) is 0 Å². The van der Waals surface area contributed by atoms with Crippen molar-refractivity contribution in [3.63, 3.8) is 0 Å². The molecule has 1 fully saturated rings. The fraction of sp³-hybridized carbons (Fsp3) is 0.455. The van der Waals surface area contributed by atoms with Crippen molar-refractivity contribution in [3.8, 4) is 0 Å². The number of benzene rings is 1. The van der Waals surface area contributed by atoms with Crippen LogP contribution < -0.4 is 10.2 Å². The number of fused-ring (bicyclic) bond motifs is 1. The number of pyridine rings is 1. The Morgan fingerprint density at radius 3 is 2.63 bits per heavy atom. The second kappa shape index (κ2) is 7.31. The van der Waals surface area contributed by atoms with Crippen LogP contribution in [0.2, 0.25) is 0 Å². The van der Waals surface area contributed by atoms with Crippen molar-refractivity contribution in [3.05, 3.63) is 59.9 Å². The third-order valence-electron chi connectivity index (χ3n) is 5.68. The number of nitrogens with one attached hydrogen (secondary N) is 1. The molecule has 2 amide bonds. The molecule has 142 valence electrons. The largest absolute Gasteiger partial charge is 0.335 e. The summed E-state index contributed by atoms with van der Waals surface area (Å²) in [6.45, 7) is 7.99. The zero-order valence-electron chi connectivity index (χ0n) is 16.2. The van der Waals surface area contributed by atoms with Crippen molar-refractivity contribution >= 4 is 11.7 Å². The number of anilines is 1. The number of aromatic nitrogens is 1. The molecule has 5 nitrogen and oxygen atoms in total. The Bertz CT molecular complexity index is 797. The van der Waals surface area contributed by atoms with E-state index in [1.165, 1.54) is 5.56 Å². The Labute approximate surface area is 161 Å². The van der Waals surface area contributed by atoms with E-state index in [1.807, 2.05) is 23.2 Å². The first-order valence-corrected chi connectivity index (χ1v) is 9.83. The van der Waals surface area contributed by atoms with Gasteiger partial charge in [0.25, 0.3) is 0 Å². The molecule has 1 N–H and O–H groups in total. The third-order valence-corrected chi connectivity index (χ3v) is 5.68. The minimum Gasteiger partial charge on any atom is -0.335 e. The second-order valence-corrected chi connectivity index (χ2v) is 8.33. The van der Waals surface area contributed by atoms with Gasteiger partial charge in [0.05, 0.1) is 11.4 Å². The normalized spacial score (nSPS) is 19.7. The average Bonchev–Trinajstić information content (AvgIpc) is 2.96. The van der Waals surface area contributed by atoms with E-state index in [9.17, 15) is 4.79 Å². The van der Waals surface area contributed by atoms with Crippen LogP contribution in [-0.2, 0) is 12.0 Å². The van der Waals surface area contributed by atoms with E-state index in [0.717, 1.165) is 43.9 Å². The Balaban J connectivity index is 1.33. The van der Waals surface area contributed by atoms with Crippen molar-refractivity contribution < 1.29 is 4.79 Å². The van der Waals surface area contributed by atoms with Gasteiger partial charge in [-0.1, -0.05) is 44.2 Å². The zero-order chi connectivity index (χ0) is 18.9. The minimum atomic E-state index is -0.104. The van der Waals surface area contributed by atoms with Gasteiger partial charge >= 0.3 is 6.03 Å². The molecule has 27 heavy (non-hydrogen) atoms. The molecule has 0 bridgehead atoms. The van der Waals surface area contributed by atoms with Crippen LogP contribution in [0.5, 0.6) is 0 Å². The standard InChI is InChI=1S/C22H28N4O/c1-22(2)16-26(19-9-6-12-23-20(19)22)21(27)24-18-10-13-25(14-11-18)15-17-7-4-3-5-8-17/h3-9,12,18H,10-11,13-16H2,1-2H3,(H,24,27). The van der Waals surface area contributed by atoms with Crippen molar-refractivity contribution in [2.45, 2.75) is 44.7 Å². The first kappa shape index (κ1) is 18.0. The monoisotopic (exact) mass is 364 g/mol. The van der Waals surface area contributed by atoms with Crippen LogP contribution in [0.3, 0.4) is 0 Å². The lowest BCUT2D eigenvalue weighted by atomic mass is 9.91. The smallest absolute Gasteiger partial charge is 0.322 e. The van der Waals surface area contributed by atoms with Crippen LogP contribution >= 0.6 is 0 Å². The molecule has 2 aliphatic heterocycles. The molecule has 2 aromatic rings. The average molecular weight is 364 g/mol. The number of piperidine rings is 1. The van der Waals surface area contributed by atoms with Crippen molar-refractivity contribution in [1.29, 1.82) is 0 Å². The van der Waals surface area contributed by atoms with Gasteiger partial charge < -0.3 is 5.32 Å². The lowest BCUT2D eigenvalue weighted by Gasteiger charge is -2.33. The molecular formula is C22H28N4O. The highest BCUT2D eigenvalue weighted by Crippen LogP contribution is 2.38. The fourth-order valence-electron chi connectivity index (χ4n) is 4.20. The van der Waals surface area contributed by atoms with Crippen molar-refractivity contribution in [2.24, 2.45) is 0 Å². The maximum absolute atomic E-state index is 12.9. The number of rotatable bonds is 3. The summed E-state index contributed by atoms with van der Waals surface area (Å²) < 4.78 is 0. The summed E-state index contributed by atoms with van der Waals surface area (Å²) in [6, 6.07) is 14.7. The van der Waals surface area contributed by atoms with Gasteiger partial charge in [0, 0.05) is 43.8 Å². The summed E-state index contributed by atoms with van der Waals surface area (Å²) in [5.41, 5.74) is 3.20. The molecule has 0 atom stereocenters. The molecule has 0 spiro atoms. The minimum absolute atomic E-state index is 0.0105. The number of hydrogen-bond donors (Lipinski definition) is 1. The van der Waals surface area contributed by atoms with Crippen LogP contribution in [0, 0.1) is 0 Å². The Hall–Kier alpha value is -2.40. The molecule has 1 saturated heterocycles. The molecule has 1 aromatic heterocycles. The van der Waals surface area contributed by atoms with Crippen LogP contribution in [0.15, 0.2) is 48.7 Å². The molecule has 0 unspecified atom stereocenters. The first-order valence-electron chi connectivity index (χ1n) is 9.83. The molecule has 2 aliphatic rings. The predicted molar refractivity (Wildman–Crippen MR) is 108 cm³/mol. The fourth-order valence-corrected chi connectivity index (χ4v) is 4.20. The topological polar surface area (TPSA) is 48.5 Å². The van der Waals surface area contributed by atoms with E-state index in [0.29, 0.717) is 6.54 Å².